The molecule has 5 nitrogen and oxygen atoms in total. The molecule has 1 aliphatic heterocycles. The Bertz CT molecular complexity index is 1330. The van der Waals surface area contributed by atoms with Crippen molar-refractivity contribution in [2.24, 2.45) is 4.99 Å². The van der Waals surface area contributed by atoms with E-state index in [4.69, 9.17) is 14.5 Å². The van der Waals surface area contributed by atoms with Crippen LogP contribution < -0.4 is 14.4 Å². The first-order valence-corrected chi connectivity index (χ1v) is 11.8. The van der Waals surface area contributed by atoms with E-state index in [1.165, 1.54) is 22.9 Å². The number of aliphatic imine (C=N–C) groups is 1. The fourth-order valence-electron chi connectivity index (χ4n) is 3.64. The standard InChI is InChI=1S/C28H28N2O3S/c1-17-7-10-22(13-19(17)3)29-28-30(23-11-8-18(2)20(4)14-23)27(31)26(34-28)16-21-9-12-24(32-5)25(15-21)33-6/h7-16H,1-6H3. The van der Waals surface area contributed by atoms with Gasteiger partial charge in [-0.05, 0) is 110 Å². The number of nitrogens with zero attached hydrogens (tertiary/aromatic N) is 2. The third-order valence-corrected chi connectivity index (χ3v) is 6.94. The van der Waals surface area contributed by atoms with Crippen LogP contribution in [0.2, 0.25) is 0 Å². The van der Waals surface area contributed by atoms with Gasteiger partial charge in [-0.25, -0.2) is 4.99 Å². The number of hydrogen-bond acceptors (Lipinski definition) is 5. The van der Waals surface area contributed by atoms with Crippen molar-refractivity contribution in [2.45, 2.75) is 27.7 Å². The number of ether oxygens (including phenoxy) is 2. The highest BCUT2D eigenvalue weighted by Crippen LogP contribution is 2.39. The Balaban J connectivity index is 1.79. The van der Waals surface area contributed by atoms with E-state index in [-0.39, 0.29) is 5.91 Å². The molecule has 6 heteroatoms. The molecule has 0 N–H and O–H groups in total. The van der Waals surface area contributed by atoms with Gasteiger partial charge in [0.1, 0.15) is 0 Å². The van der Waals surface area contributed by atoms with E-state index < -0.39 is 0 Å². The summed E-state index contributed by atoms with van der Waals surface area (Å²) in [5.41, 5.74) is 7.14. The van der Waals surface area contributed by atoms with Gasteiger partial charge < -0.3 is 9.47 Å². The summed E-state index contributed by atoms with van der Waals surface area (Å²) in [6.45, 7) is 8.25. The van der Waals surface area contributed by atoms with Gasteiger partial charge in [0.15, 0.2) is 16.7 Å². The van der Waals surface area contributed by atoms with Crippen LogP contribution in [0.4, 0.5) is 11.4 Å². The molecule has 1 heterocycles. The minimum absolute atomic E-state index is 0.106. The van der Waals surface area contributed by atoms with Gasteiger partial charge in [-0.2, -0.15) is 0 Å². The molecule has 0 saturated carbocycles. The van der Waals surface area contributed by atoms with Gasteiger partial charge >= 0.3 is 0 Å². The third kappa shape index (κ3) is 4.73. The van der Waals surface area contributed by atoms with Crippen molar-refractivity contribution in [1.29, 1.82) is 0 Å². The number of anilines is 1. The van der Waals surface area contributed by atoms with Gasteiger partial charge in [0.2, 0.25) is 0 Å². The molecule has 3 aromatic carbocycles. The molecule has 0 atom stereocenters. The van der Waals surface area contributed by atoms with Crippen LogP contribution in [0.25, 0.3) is 6.08 Å². The average Bonchev–Trinajstić information content (AvgIpc) is 3.12. The largest absolute Gasteiger partial charge is 0.493 e. The Morgan fingerprint density at radius 3 is 2.12 bits per heavy atom. The molecule has 1 aliphatic rings. The number of amidine groups is 1. The van der Waals surface area contributed by atoms with E-state index in [1.807, 2.05) is 61.5 Å². The highest BCUT2D eigenvalue weighted by atomic mass is 32.2. The van der Waals surface area contributed by atoms with Crippen molar-refractivity contribution in [3.05, 3.63) is 87.3 Å². The minimum Gasteiger partial charge on any atom is -0.493 e. The molecular weight excluding hydrogens is 444 g/mol. The van der Waals surface area contributed by atoms with Crippen LogP contribution in [0, 0.1) is 27.7 Å². The Hall–Kier alpha value is -3.51. The molecule has 0 unspecified atom stereocenters. The first kappa shape index (κ1) is 23.6. The van der Waals surface area contributed by atoms with Crippen LogP contribution >= 0.6 is 11.8 Å². The second-order valence-electron chi connectivity index (χ2n) is 8.30. The van der Waals surface area contributed by atoms with Crippen molar-refractivity contribution >= 4 is 40.3 Å². The van der Waals surface area contributed by atoms with E-state index >= 15 is 0 Å². The summed E-state index contributed by atoms with van der Waals surface area (Å²) in [6, 6.07) is 17.7. The number of hydrogen-bond donors (Lipinski definition) is 0. The smallest absolute Gasteiger partial charge is 0.271 e. The number of amides is 1. The summed E-state index contributed by atoms with van der Waals surface area (Å²) in [5.74, 6) is 1.15. The summed E-state index contributed by atoms with van der Waals surface area (Å²) < 4.78 is 10.8. The maximum atomic E-state index is 13.6. The number of carbonyl (C=O) groups excluding carboxylic acids is 1. The van der Waals surface area contributed by atoms with E-state index in [9.17, 15) is 4.79 Å². The fourth-order valence-corrected chi connectivity index (χ4v) is 4.64. The Kier molecular flexibility index (Phi) is 6.80. The monoisotopic (exact) mass is 472 g/mol. The molecule has 1 fully saturated rings. The lowest BCUT2D eigenvalue weighted by atomic mass is 10.1. The molecule has 0 aliphatic carbocycles. The van der Waals surface area contributed by atoms with Gasteiger partial charge in [-0.3, -0.25) is 9.69 Å². The number of rotatable bonds is 5. The predicted molar refractivity (Wildman–Crippen MR) is 142 cm³/mol. The van der Waals surface area contributed by atoms with E-state index in [1.54, 1.807) is 19.1 Å². The van der Waals surface area contributed by atoms with E-state index in [2.05, 4.69) is 26.8 Å². The van der Waals surface area contributed by atoms with E-state index in [0.717, 1.165) is 28.1 Å². The zero-order valence-corrected chi connectivity index (χ0v) is 21.1. The second kappa shape index (κ2) is 9.77. The lowest BCUT2D eigenvalue weighted by Gasteiger charge is -2.17. The summed E-state index contributed by atoms with van der Waals surface area (Å²) in [6.07, 6.45) is 1.87. The number of aryl methyl sites for hydroxylation is 4. The molecule has 0 radical (unpaired) electrons. The van der Waals surface area contributed by atoms with Crippen molar-refractivity contribution in [3.63, 3.8) is 0 Å². The van der Waals surface area contributed by atoms with Gasteiger partial charge in [0, 0.05) is 0 Å². The summed E-state index contributed by atoms with van der Waals surface area (Å²) >= 11 is 1.37. The maximum Gasteiger partial charge on any atom is 0.271 e. The van der Waals surface area contributed by atoms with Crippen molar-refractivity contribution in [1.82, 2.24) is 0 Å². The molecule has 0 aromatic heterocycles. The molecule has 1 amide bonds. The van der Waals surface area contributed by atoms with Crippen LogP contribution in [0.5, 0.6) is 11.5 Å². The highest BCUT2D eigenvalue weighted by molar-refractivity contribution is 8.19. The van der Waals surface area contributed by atoms with Gasteiger partial charge in [0.05, 0.1) is 30.5 Å². The quantitative estimate of drug-likeness (QED) is 0.386. The predicted octanol–water partition coefficient (Wildman–Crippen LogP) is 6.75. The third-order valence-electron chi connectivity index (χ3n) is 5.98. The first-order valence-electron chi connectivity index (χ1n) is 11.0. The number of thioether (sulfide) groups is 1. The first-order chi connectivity index (χ1) is 16.3. The van der Waals surface area contributed by atoms with Gasteiger partial charge in [-0.1, -0.05) is 18.2 Å². The molecule has 34 heavy (non-hydrogen) atoms. The Labute approximate surface area is 205 Å². The molecule has 4 rings (SSSR count). The van der Waals surface area contributed by atoms with Gasteiger partial charge in [0.25, 0.3) is 5.91 Å². The summed E-state index contributed by atoms with van der Waals surface area (Å²) in [4.78, 5) is 20.8. The van der Waals surface area contributed by atoms with Crippen molar-refractivity contribution in [3.8, 4) is 11.5 Å². The van der Waals surface area contributed by atoms with Crippen LogP contribution in [-0.4, -0.2) is 25.3 Å². The maximum absolute atomic E-state index is 13.6. The minimum atomic E-state index is -0.106. The zero-order chi connectivity index (χ0) is 24.4. The summed E-state index contributed by atoms with van der Waals surface area (Å²) in [7, 11) is 3.20. The second-order valence-corrected chi connectivity index (χ2v) is 9.31. The molecular formula is C28H28N2O3S. The van der Waals surface area contributed by atoms with Crippen molar-refractivity contribution < 1.29 is 14.3 Å². The van der Waals surface area contributed by atoms with Crippen LogP contribution in [0.3, 0.4) is 0 Å². The number of methoxy groups -OCH3 is 2. The SMILES string of the molecule is COc1ccc(C=C2SC(=Nc3ccc(C)c(C)c3)N(c3ccc(C)c(C)c3)C2=O)cc1OC. The van der Waals surface area contributed by atoms with Crippen LogP contribution in [0.1, 0.15) is 27.8 Å². The lowest BCUT2D eigenvalue weighted by molar-refractivity contribution is -0.113. The van der Waals surface area contributed by atoms with E-state index in [0.29, 0.717) is 21.6 Å². The fraction of sp³-hybridized carbons (Fsp3) is 0.214. The summed E-state index contributed by atoms with van der Waals surface area (Å²) in [5, 5.41) is 0.628. The lowest BCUT2D eigenvalue weighted by Crippen LogP contribution is -2.28. The molecule has 3 aromatic rings. The van der Waals surface area contributed by atoms with Crippen LogP contribution in [-0.2, 0) is 4.79 Å². The molecule has 1 saturated heterocycles. The Morgan fingerprint density at radius 1 is 0.794 bits per heavy atom. The Morgan fingerprint density at radius 2 is 1.47 bits per heavy atom. The topological polar surface area (TPSA) is 51.1 Å². The zero-order valence-electron chi connectivity index (χ0n) is 20.3. The highest BCUT2D eigenvalue weighted by Gasteiger charge is 2.35. The average molecular weight is 473 g/mol. The van der Waals surface area contributed by atoms with Crippen LogP contribution in [0.15, 0.2) is 64.5 Å². The number of carbonyl (C=O) groups is 1. The van der Waals surface area contributed by atoms with Gasteiger partial charge in [-0.15, -0.1) is 0 Å². The molecule has 174 valence electrons. The molecule has 0 bridgehead atoms. The number of benzene rings is 3. The normalized spacial score (nSPS) is 15.9. The van der Waals surface area contributed by atoms with Crippen molar-refractivity contribution in [2.75, 3.05) is 19.1 Å². The molecule has 0 spiro atoms.